The highest BCUT2D eigenvalue weighted by Crippen LogP contribution is 2.19. The number of amides is 1. The SMILES string of the molecule is Cc1cccc(C(=O)N2CCN(Cc3nc(-c4ccc(Cl)cc4)no3)CC2)n1. The molecule has 1 saturated heterocycles. The van der Waals surface area contributed by atoms with E-state index in [9.17, 15) is 4.79 Å². The molecule has 1 fully saturated rings. The molecule has 0 unspecified atom stereocenters. The predicted octanol–water partition coefficient (Wildman–Crippen LogP) is 3.05. The minimum atomic E-state index is -0.0221. The molecule has 28 heavy (non-hydrogen) atoms. The fourth-order valence-corrected chi connectivity index (χ4v) is 3.29. The molecule has 0 atom stereocenters. The van der Waals surface area contributed by atoms with E-state index in [2.05, 4.69) is 20.0 Å². The lowest BCUT2D eigenvalue weighted by Crippen LogP contribution is -2.48. The number of piperazine rings is 1. The predicted molar refractivity (Wildman–Crippen MR) is 105 cm³/mol. The van der Waals surface area contributed by atoms with Gasteiger partial charge in [0.1, 0.15) is 5.69 Å². The molecule has 3 heterocycles. The van der Waals surface area contributed by atoms with Crippen LogP contribution in [0, 0.1) is 6.92 Å². The zero-order chi connectivity index (χ0) is 19.5. The van der Waals surface area contributed by atoms with E-state index in [4.69, 9.17) is 16.1 Å². The van der Waals surface area contributed by atoms with Crippen LogP contribution < -0.4 is 0 Å². The number of benzene rings is 1. The van der Waals surface area contributed by atoms with E-state index in [-0.39, 0.29) is 5.91 Å². The zero-order valence-electron chi connectivity index (χ0n) is 15.5. The van der Waals surface area contributed by atoms with E-state index < -0.39 is 0 Å². The first kappa shape index (κ1) is 18.6. The lowest BCUT2D eigenvalue weighted by Gasteiger charge is -2.33. The van der Waals surface area contributed by atoms with Gasteiger partial charge in [0, 0.05) is 42.5 Å². The molecule has 0 N–H and O–H groups in total. The molecule has 0 saturated carbocycles. The Balaban J connectivity index is 1.33. The van der Waals surface area contributed by atoms with Crippen LogP contribution in [-0.4, -0.2) is 57.0 Å². The molecule has 4 rings (SSSR count). The van der Waals surface area contributed by atoms with Gasteiger partial charge in [0.05, 0.1) is 6.54 Å². The molecular weight excluding hydrogens is 378 g/mol. The third-order valence-electron chi connectivity index (χ3n) is 4.70. The van der Waals surface area contributed by atoms with Gasteiger partial charge in [0.15, 0.2) is 0 Å². The number of hydrogen-bond acceptors (Lipinski definition) is 6. The van der Waals surface area contributed by atoms with Crippen LogP contribution in [0.1, 0.15) is 22.1 Å². The van der Waals surface area contributed by atoms with E-state index in [0.717, 1.165) is 24.3 Å². The summed E-state index contributed by atoms with van der Waals surface area (Å²) in [5.41, 5.74) is 2.20. The van der Waals surface area contributed by atoms with Crippen molar-refractivity contribution in [1.82, 2.24) is 24.9 Å². The smallest absolute Gasteiger partial charge is 0.272 e. The summed E-state index contributed by atoms with van der Waals surface area (Å²) >= 11 is 5.91. The molecule has 144 valence electrons. The lowest BCUT2D eigenvalue weighted by molar-refractivity contribution is 0.0609. The van der Waals surface area contributed by atoms with E-state index in [1.807, 2.05) is 36.1 Å². The molecule has 0 bridgehead atoms. The van der Waals surface area contributed by atoms with E-state index in [1.54, 1.807) is 18.2 Å². The van der Waals surface area contributed by atoms with Crippen LogP contribution >= 0.6 is 11.6 Å². The Bertz CT molecular complexity index is 965. The minimum absolute atomic E-state index is 0.0221. The maximum atomic E-state index is 12.6. The third kappa shape index (κ3) is 4.21. The number of halogens is 1. The number of aromatic nitrogens is 3. The molecular formula is C20H20ClN5O2. The first-order valence-electron chi connectivity index (χ1n) is 9.12. The monoisotopic (exact) mass is 397 g/mol. The number of carbonyl (C=O) groups is 1. The average Bonchev–Trinajstić information content (AvgIpc) is 3.17. The first-order valence-corrected chi connectivity index (χ1v) is 9.50. The Morgan fingerprint density at radius 1 is 1.07 bits per heavy atom. The molecule has 2 aromatic heterocycles. The Morgan fingerprint density at radius 3 is 2.54 bits per heavy atom. The van der Waals surface area contributed by atoms with Gasteiger partial charge < -0.3 is 9.42 Å². The highest BCUT2D eigenvalue weighted by atomic mass is 35.5. The van der Waals surface area contributed by atoms with Crippen LogP contribution in [0.5, 0.6) is 0 Å². The van der Waals surface area contributed by atoms with Crippen molar-refractivity contribution in [2.24, 2.45) is 0 Å². The maximum absolute atomic E-state index is 12.6. The van der Waals surface area contributed by atoms with Crippen LogP contribution in [0.3, 0.4) is 0 Å². The first-order chi connectivity index (χ1) is 13.6. The summed E-state index contributed by atoms with van der Waals surface area (Å²) < 4.78 is 5.38. The van der Waals surface area contributed by atoms with E-state index in [1.165, 1.54) is 0 Å². The summed E-state index contributed by atoms with van der Waals surface area (Å²) in [6, 6.07) is 12.8. The van der Waals surface area contributed by atoms with Crippen molar-refractivity contribution < 1.29 is 9.32 Å². The molecule has 8 heteroatoms. The number of pyridine rings is 1. The van der Waals surface area contributed by atoms with Crippen molar-refractivity contribution in [3.8, 4) is 11.4 Å². The van der Waals surface area contributed by atoms with Crippen molar-refractivity contribution in [2.45, 2.75) is 13.5 Å². The summed E-state index contributed by atoms with van der Waals surface area (Å²) in [7, 11) is 0. The minimum Gasteiger partial charge on any atom is -0.338 e. The molecule has 7 nitrogen and oxygen atoms in total. The molecule has 0 aliphatic carbocycles. The molecule has 1 amide bonds. The Kier molecular flexibility index (Phi) is 5.36. The van der Waals surface area contributed by atoms with Gasteiger partial charge in [-0.25, -0.2) is 4.98 Å². The molecule has 3 aromatic rings. The molecule has 1 aliphatic heterocycles. The zero-order valence-corrected chi connectivity index (χ0v) is 16.3. The van der Waals surface area contributed by atoms with Crippen molar-refractivity contribution in [3.63, 3.8) is 0 Å². The number of aryl methyl sites for hydroxylation is 1. The maximum Gasteiger partial charge on any atom is 0.272 e. The quantitative estimate of drug-likeness (QED) is 0.673. The lowest BCUT2D eigenvalue weighted by atomic mass is 10.2. The highest BCUT2D eigenvalue weighted by molar-refractivity contribution is 6.30. The summed E-state index contributed by atoms with van der Waals surface area (Å²) in [4.78, 5) is 25.4. The Morgan fingerprint density at radius 2 is 1.82 bits per heavy atom. The van der Waals surface area contributed by atoms with Gasteiger partial charge in [-0.3, -0.25) is 9.69 Å². The van der Waals surface area contributed by atoms with Crippen molar-refractivity contribution >= 4 is 17.5 Å². The molecule has 0 spiro atoms. The van der Waals surface area contributed by atoms with Crippen LogP contribution in [0.25, 0.3) is 11.4 Å². The third-order valence-corrected chi connectivity index (χ3v) is 4.95. The van der Waals surface area contributed by atoms with Gasteiger partial charge in [-0.15, -0.1) is 0 Å². The van der Waals surface area contributed by atoms with Gasteiger partial charge in [0.25, 0.3) is 5.91 Å². The van der Waals surface area contributed by atoms with Crippen LogP contribution in [-0.2, 0) is 6.54 Å². The standard InChI is InChI=1S/C20H20ClN5O2/c1-14-3-2-4-17(22-14)20(27)26-11-9-25(10-12-26)13-18-23-19(24-28-18)15-5-7-16(21)8-6-15/h2-8H,9-13H2,1H3. The van der Waals surface area contributed by atoms with Crippen LogP contribution in [0.2, 0.25) is 5.02 Å². The summed E-state index contributed by atoms with van der Waals surface area (Å²) in [5.74, 6) is 1.09. The second-order valence-corrected chi connectivity index (χ2v) is 7.19. The fourth-order valence-electron chi connectivity index (χ4n) is 3.16. The normalized spacial score (nSPS) is 15.0. The second-order valence-electron chi connectivity index (χ2n) is 6.75. The van der Waals surface area contributed by atoms with Gasteiger partial charge in [0.2, 0.25) is 11.7 Å². The Hall–Kier alpha value is -2.77. The van der Waals surface area contributed by atoms with Crippen molar-refractivity contribution in [2.75, 3.05) is 26.2 Å². The van der Waals surface area contributed by atoms with Gasteiger partial charge in [-0.1, -0.05) is 22.8 Å². The Labute approximate surface area is 167 Å². The molecule has 0 radical (unpaired) electrons. The summed E-state index contributed by atoms with van der Waals surface area (Å²) in [6.07, 6.45) is 0. The van der Waals surface area contributed by atoms with E-state index >= 15 is 0 Å². The van der Waals surface area contributed by atoms with Gasteiger partial charge in [-0.05, 0) is 43.3 Å². The van der Waals surface area contributed by atoms with Gasteiger partial charge >= 0.3 is 0 Å². The fraction of sp³-hybridized carbons (Fsp3) is 0.300. The van der Waals surface area contributed by atoms with Crippen LogP contribution in [0.4, 0.5) is 0 Å². The van der Waals surface area contributed by atoms with Crippen molar-refractivity contribution in [1.29, 1.82) is 0 Å². The summed E-state index contributed by atoms with van der Waals surface area (Å²) in [6.45, 7) is 5.23. The highest BCUT2D eigenvalue weighted by Gasteiger charge is 2.24. The molecule has 1 aliphatic rings. The summed E-state index contributed by atoms with van der Waals surface area (Å²) in [5, 5.41) is 4.71. The van der Waals surface area contributed by atoms with Crippen LogP contribution in [0.15, 0.2) is 47.0 Å². The molecule has 1 aromatic carbocycles. The number of carbonyl (C=O) groups excluding carboxylic acids is 1. The average molecular weight is 398 g/mol. The number of rotatable bonds is 4. The second kappa shape index (κ2) is 8.08. The van der Waals surface area contributed by atoms with Crippen molar-refractivity contribution in [3.05, 3.63) is 64.8 Å². The number of hydrogen-bond donors (Lipinski definition) is 0. The number of nitrogens with zero attached hydrogens (tertiary/aromatic N) is 5. The topological polar surface area (TPSA) is 75.4 Å². The van der Waals surface area contributed by atoms with Gasteiger partial charge in [-0.2, -0.15) is 4.98 Å². The largest absolute Gasteiger partial charge is 0.338 e. The van der Waals surface area contributed by atoms with E-state index in [0.29, 0.717) is 42.1 Å².